The Labute approximate surface area is 183 Å². The van der Waals surface area contributed by atoms with E-state index in [4.69, 9.17) is 4.74 Å². The van der Waals surface area contributed by atoms with Crippen molar-refractivity contribution in [2.45, 2.75) is 20.3 Å². The summed E-state index contributed by atoms with van der Waals surface area (Å²) in [5.41, 5.74) is 0.863. The zero-order valence-electron chi connectivity index (χ0n) is 16.3. The van der Waals surface area contributed by atoms with Gasteiger partial charge in [-0.3, -0.25) is 9.79 Å². The molecule has 0 aliphatic carbocycles. The fourth-order valence-electron chi connectivity index (χ4n) is 2.28. The normalized spacial score (nSPS) is 10.6. The van der Waals surface area contributed by atoms with E-state index in [1.807, 2.05) is 56.3 Å². The standard InChI is InChI=1S/C20H27N5O2.HI/c1-3-21-20(23-14-15-27-17-9-5-4-6-10-17)22-13-12-19(26)25-18-11-7-8-16(2)24-18;/h4-11H,3,12-15H2,1-2H3,(H2,21,22,23)(H,24,25,26);1H. The predicted molar refractivity (Wildman–Crippen MR) is 124 cm³/mol. The molecule has 28 heavy (non-hydrogen) atoms. The number of para-hydroxylation sites is 1. The van der Waals surface area contributed by atoms with Crippen molar-refractivity contribution in [3.05, 3.63) is 54.2 Å². The van der Waals surface area contributed by atoms with Crippen LogP contribution >= 0.6 is 24.0 Å². The van der Waals surface area contributed by atoms with Gasteiger partial charge in [-0.05, 0) is 38.1 Å². The SMILES string of the molecule is CCNC(=NCCC(=O)Nc1cccc(C)n1)NCCOc1ccccc1.I. The largest absolute Gasteiger partial charge is 0.492 e. The molecule has 0 aliphatic rings. The summed E-state index contributed by atoms with van der Waals surface area (Å²) in [5.74, 6) is 1.95. The average Bonchev–Trinajstić information content (AvgIpc) is 2.66. The van der Waals surface area contributed by atoms with E-state index in [9.17, 15) is 4.79 Å². The first-order valence-electron chi connectivity index (χ1n) is 9.11. The number of amides is 1. The molecule has 0 fully saturated rings. The molecular formula is C20H28IN5O2. The third-order valence-electron chi connectivity index (χ3n) is 3.52. The van der Waals surface area contributed by atoms with Gasteiger partial charge in [0.2, 0.25) is 5.91 Å². The number of aryl methyl sites for hydroxylation is 1. The van der Waals surface area contributed by atoms with Gasteiger partial charge in [0.05, 0.1) is 13.1 Å². The van der Waals surface area contributed by atoms with E-state index in [1.165, 1.54) is 0 Å². The van der Waals surface area contributed by atoms with E-state index >= 15 is 0 Å². The number of carbonyl (C=O) groups is 1. The number of nitrogens with one attached hydrogen (secondary N) is 3. The number of nitrogens with zero attached hydrogens (tertiary/aromatic N) is 2. The summed E-state index contributed by atoms with van der Waals surface area (Å²) in [7, 11) is 0. The van der Waals surface area contributed by atoms with Gasteiger partial charge in [-0.15, -0.1) is 24.0 Å². The lowest BCUT2D eigenvalue weighted by Crippen LogP contribution is -2.39. The van der Waals surface area contributed by atoms with Crippen molar-refractivity contribution < 1.29 is 9.53 Å². The summed E-state index contributed by atoms with van der Waals surface area (Å²) in [6.45, 7) is 6.13. The van der Waals surface area contributed by atoms with Gasteiger partial charge in [-0.25, -0.2) is 4.98 Å². The zero-order valence-corrected chi connectivity index (χ0v) is 18.6. The molecule has 2 aromatic rings. The predicted octanol–water partition coefficient (Wildman–Crippen LogP) is 2.97. The monoisotopic (exact) mass is 497 g/mol. The molecule has 2 rings (SSSR count). The van der Waals surface area contributed by atoms with E-state index in [0.29, 0.717) is 31.5 Å². The number of anilines is 1. The summed E-state index contributed by atoms with van der Waals surface area (Å²) >= 11 is 0. The van der Waals surface area contributed by atoms with Gasteiger partial charge in [-0.2, -0.15) is 0 Å². The molecule has 8 heteroatoms. The Morgan fingerprint density at radius 1 is 1.11 bits per heavy atom. The Morgan fingerprint density at radius 3 is 2.61 bits per heavy atom. The lowest BCUT2D eigenvalue weighted by molar-refractivity contribution is -0.116. The average molecular weight is 497 g/mol. The van der Waals surface area contributed by atoms with Crippen LogP contribution in [0.3, 0.4) is 0 Å². The van der Waals surface area contributed by atoms with E-state index in [0.717, 1.165) is 18.0 Å². The van der Waals surface area contributed by atoms with Gasteiger partial charge in [0.1, 0.15) is 18.2 Å². The fraction of sp³-hybridized carbons (Fsp3) is 0.350. The minimum atomic E-state index is -0.111. The molecule has 0 atom stereocenters. The van der Waals surface area contributed by atoms with Crippen LogP contribution < -0.4 is 20.7 Å². The molecule has 7 nitrogen and oxygen atoms in total. The van der Waals surface area contributed by atoms with Crippen LogP contribution in [-0.4, -0.2) is 43.1 Å². The number of hydrogen-bond acceptors (Lipinski definition) is 4. The smallest absolute Gasteiger partial charge is 0.227 e. The maximum atomic E-state index is 12.0. The summed E-state index contributed by atoms with van der Waals surface area (Å²) in [5, 5.41) is 9.12. The van der Waals surface area contributed by atoms with Gasteiger partial charge in [0.15, 0.2) is 5.96 Å². The number of rotatable bonds is 9. The van der Waals surface area contributed by atoms with Gasteiger partial charge >= 0.3 is 0 Å². The number of guanidine groups is 1. The number of pyridine rings is 1. The number of halogens is 1. The molecule has 152 valence electrons. The van der Waals surface area contributed by atoms with Crippen LogP contribution in [0.25, 0.3) is 0 Å². The van der Waals surface area contributed by atoms with Crippen molar-refractivity contribution in [2.75, 3.05) is 31.6 Å². The van der Waals surface area contributed by atoms with Crippen LogP contribution in [0.1, 0.15) is 19.0 Å². The highest BCUT2D eigenvalue weighted by Gasteiger charge is 2.04. The van der Waals surface area contributed by atoms with Crippen molar-refractivity contribution in [3.8, 4) is 5.75 Å². The summed E-state index contributed by atoms with van der Waals surface area (Å²) in [4.78, 5) is 20.7. The highest BCUT2D eigenvalue weighted by Crippen LogP contribution is 2.07. The molecule has 1 aromatic heterocycles. The molecule has 0 saturated carbocycles. The minimum Gasteiger partial charge on any atom is -0.492 e. The molecule has 0 unspecified atom stereocenters. The van der Waals surface area contributed by atoms with E-state index < -0.39 is 0 Å². The quantitative estimate of drug-likeness (QED) is 0.215. The number of aliphatic imine (C=N–C) groups is 1. The van der Waals surface area contributed by atoms with Gasteiger partial charge < -0.3 is 20.7 Å². The highest BCUT2D eigenvalue weighted by atomic mass is 127. The fourth-order valence-corrected chi connectivity index (χ4v) is 2.28. The van der Waals surface area contributed by atoms with Crippen LogP contribution in [-0.2, 0) is 4.79 Å². The molecule has 1 amide bonds. The van der Waals surface area contributed by atoms with Crippen molar-refractivity contribution in [1.82, 2.24) is 15.6 Å². The van der Waals surface area contributed by atoms with Crippen LogP contribution in [0.15, 0.2) is 53.5 Å². The molecule has 0 aliphatic heterocycles. The molecule has 0 radical (unpaired) electrons. The molecule has 1 heterocycles. The van der Waals surface area contributed by atoms with Crippen LogP contribution in [0, 0.1) is 6.92 Å². The van der Waals surface area contributed by atoms with Crippen molar-refractivity contribution in [3.63, 3.8) is 0 Å². The van der Waals surface area contributed by atoms with E-state index in [-0.39, 0.29) is 36.3 Å². The third kappa shape index (κ3) is 9.54. The van der Waals surface area contributed by atoms with Crippen LogP contribution in [0.2, 0.25) is 0 Å². The molecular weight excluding hydrogens is 469 g/mol. The maximum Gasteiger partial charge on any atom is 0.227 e. The molecule has 0 spiro atoms. The first kappa shape index (κ1) is 23.7. The van der Waals surface area contributed by atoms with Crippen molar-refractivity contribution in [2.24, 2.45) is 4.99 Å². The Hall–Kier alpha value is -2.36. The molecule has 0 bridgehead atoms. The van der Waals surface area contributed by atoms with Crippen LogP contribution in [0.5, 0.6) is 5.75 Å². The molecule has 1 aromatic carbocycles. The van der Waals surface area contributed by atoms with Gasteiger partial charge in [0, 0.05) is 18.7 Å². The summed E-state index contributed by atoms with van der Waals surface area (Å²) in [6, 6.07) is 15.2. The number of hydrogen-bond donors (Lipinski definition) is 3. The van der Waals surface area contributed by atoms with E-state index in [2.05, 4.69) is 25.9 Å². The first-order chi connectivity index (χ1) is 13.2. The van der Waals surface area contributed by atoms with Crippen molar-refractivity contribution in [1.29, 1.82) is 0 Å². The Balaban J connectivity index is 0.00000392. The van der Waals surface area contributed by atoms with Gasteiger partial charge in [-0.1, -0.05) is 24.3 Å². The lowest BCUT2D eigenvalue weighted by atomic mass is 10.3. The topological polar surface area (TPSA) is 87.6 Å². The third-order valence-corrected chi connectivity index (χ3v) is 3.52. The van der Waals surface area contributed by atoms with Crippen LogP contribution in [0.4, 0.5) is 5.82 Å². The second-order valence-electron chi connectivity index (χ2n) is 5.81. The first-order valence-corrected chi connectivity index (χ1v) is 9.11. The summed E-state index contributed by atoms with van der Waals surface area (Å²) < 4.78 is 5.64. The zero-order chi connectivity index (χ0) is 19.3. The molecule has 3 N–H and O–H groups in total. The van der Waals surface area contributed by atoms with E-state index in [1.54, 1.807) is 6.07 Å². The number of benzene rings is 1. The Kier molecular flexibility index (Phi) is 11.6. The number of aromatic nitrogens is 1. The van der Waals surface area contributed by atoms with Crippen molar-refractivity contribution >= 4 is 41.7 Å². The Bertz CT molecular complexity index is 740. The number of ether oxygens (including phenoxy) is 1. The maximum absolute atomic E-state index is 12.0. The second kappa shape index (κ2) is 13.8. The molecule has 0 saturated heterocycles. The minimum absolute atomic E-state index is 0. The number of carbonyl (C=O) groups excluding carboxylic acids is 1. The highest BCUT2D eigenvalue weighted by molar-refractivity contribution is 14.0. The van der Waals surface area contributed by atoms with Gasteiger partial charge in [0.25, 0.3) is 0 Å². The lowest BCUT2D eigenvalue weighted by Gasteiger charge is -2.12. The summed E-state index contributed by atoms with van der Waals surface area (Å²) in [6.07, 6.45) is 0.284. The second-order valence-corrected chi connectivity index (χ2v) is 5.81. The Morgan fingerprint density at radius 2 is 1.89 bits per heavy atom.